The van der Waals surface area contributed by atoms with Crippen LogP contribution in [0.15, 0.2) is 29.2 Å². The van der Waals surface area contributed by atoms with Crippen LogP contribution < -0.4 is 15.6 Å². The minimum atomic E-state index is -2.92. The molecule has 3 aromatic rings. The summed E-state index contributed by atoms with van der Waals surface area (Å²) in [5.41, 5.74) is -0.547. The first-order chi connectivity index (χ1) is 16.2. The predicted octanol–water partition coefficient (Wildman–Crippen LogP) is 5.10. The third-order valence-electron chi connectivity index (χ3n) is 6.14. The fraction of sp³-hybridized carbons (Fsp3) is 0.458. The van der Waals surface area contributed by atoms with Gasteiger partial charge >= 0.3 is 0 Å². The van der Waals surface area contributed by atoms with Gasteiger partial charge in [-0.15, -0.1) is 0 Å². The number of fused-ring (bicyclic) bond motifs is 1. The van der Waals surface area contributed by atoms with Gasteiger partial charge in [-0.05, 0) is 33.6 Å². The average Bonchev–Trinajstić information content (AvgIpc) is 2.78. The van der Waals surface area contributed by atoms with Gasteiger partial charge in [-0.2, -0.15) is 0 Å². The van der Waals surface area contributed by atoms with Gasteiger partial charge in [0.25, 0.3) is 12.0 Å². The van der Waals surface area contributed by atoms with Gasteiger partial charge < -0.3 is 19.4 Å². The molecule has 1 unspecified atom stereocenters. The number of hydrogen-bond acceptors (Lipinski definition) is 6. The summed E-state index contributed by atoms with van der Waals surface area (Å²) in [7, 11) is 1.41. The molecule has 3 heterocycles. The second kappa shape index (κ2) is 9.61. The number of halogens is 3. The number of pyridine rings is 1. The van der Waals surface area contributed by atoms with Crippen molar-refractivity contribution in [2.75, 3.05) is 19.0 Å². The predicted molar refractivity (Wildman–Crippen MR) is 122 cm³/mol. The van der Waals surface area contributed by atoms with Crippen LogP contribution in [0.1, 0.15) is 62.1 Å². The second-order valence-electron chi connectivity index (χ2n) is 8.53. The summed E-state index contributed by atoms with van der Waals surface area (Å²) >= 11 is 0. The van der Waals surface area contributed by atoms with Gasteiger partial charge in [-0.1, -0.05) is 18.2 Å². The molecule has 1 aliphatic rings. The van der Waals surface area contributed by atoms with Crippen LogP contribution in [0.3, 0.4) is 0 Å². The molecular formula is C24H27F3N4O3. The maximum atomic E-state index is 14.8. The smallest absolute Gasteiger partial charge is 0.295 e. The van der Waals surface area contributed by atoms with E-state index in [0.717, 1.165) is 6.07 Å². The van der Waals surface area contributed by atoms with E-state index in [1.807, 2.05) is 6.92 Å². The number of alkyl halides is 2. The molecule has 0 amide bonds. The number of methoxy groups -OCH3 is 1. The molecule has 0 saturated carbocycles. The Morgan fingerprint density at radius 1 is 1.26 bits per heavy atom. The van der Waals surface area contributed by atoms with Crippen LogP contribution >= 0.6 is 0 Å². The summed E-state index contributed by atoms with van der Waals surface area (Å²) in [4.78, 5) is 22.1. The standard InChI is InChI=1S/C24H27F3N4O3/c1-12-10-15(8-9-34-12)31-11-18-20(21(33-4)24(31)32)29-14(3)30-23(18)28-13(2)16-6-5-7-17(19(16)25)22(26)27/h5-7,11-13,15,22H,8-10H2,1-4H3,(H,28,29,30)/t12-,13-,15?/m1/s1. The van der Waals surface area contributed by atoms with Crippen LogP contribution in [-0.2, 0) is 4.74 Å². The SMILES string of the molecule is COc1c(=O)n(C2CCO[C@H](C)C2)cc2c(N[C@H](C)c3cccc(C(F)F)c3F)nc(C)nc12. The van der Waals surface area contributed by atoms with E-state index in [-0.39, 0.29) is 29.0 Å². The number of ether oxygens (including phenoxy) is 2. The van der Waals surface area contributed by atoms with Crippen molar-refractivity contribution in [1.29, 1.82) is 0 Å². The monoisotopic (exact) mass is 476 g/mol. The van der Waals surface area contributed by atoms with Gasteiger partial charge in [0.15, 0.2) is 0 Å². The molecule has 0 aliphatic carbocycles. The normalized spacial score (nSPS) is 19.4. The minimum absolute atomic E-state index is 0.00399. The number of nitrogens with zero attached hydrogens (tertiary/aromatic N) is 3. The van der Waals surface area contributed by atoms with Crippen LogP contribution in [0.25, 0.3) is 10.9 Å². The Kier molecular flexibility index (Phi) is 6.79. The number of nitrogens with one attached hydrogen (secondary N) is 1. The van der Waals surface area contributed by atoms with E-state index in [4.69, 9.17) is 9.47 Å². The van der Waals surface area contributed by atoms with Gasteiger partial charge in [-0.3, -0.25) is 4.79 Å². The van der Waals surface area contributed by atoms with Crippen LogP contribution in [0.5, 0.6) is 5.75 Å². The Labute approximate surface area is 194 Å². The van der Waals surface area contributed by atoms with E-state index < -0.39 is 23.8 Å². The Morgan fingerprint density at radius 2 is 2.00 bits per heavy atom. The first-order valence-electron chi connectivity index (χ1n) is 11.1. The number of anilines is 1. The van der Waals surface area contributed by atoms with E-state index in [1.54, 1.807) is 24.6 Å². The summed E-state index contributed by atoms with van der Waals surface area (Å²) in [5.74, 6) is -0.148. The highest BCUT2D eigenvalue weighted by atomic mass is 19.3. The molecule has 182 valence electrons. The summed E-state index contributed by atoms with van der Waals surface area (Å²) in [6.45, 7) is 5.81. The van der Waals surface area contributed by atoms with E-state index in [0.29, 0.717) is 42.0 Å². The summed E-state index contributed by atoms with van der Waals surface area (Å²) < 4.78 is 53.8. The molecule has 1 aromatic carbocycles. The molecule has 1 saturated heterocycles. The topological polar surface area (TPSA) is 78.3 Å². The molecule has 0 spiro atoms. The highest BCUT2D eigenvalue weighted by molar-refractivity contribution is 5.92. The van der Waals surface area contributed by atoms with E-state index in [2.05, 4.69) is 15.3 Å². The Balaban J connectivity index is 1.82. The molecule has 34 heavy (non-hydrogen) atoms. The lowest BCUT2D eigenvalue weighted by Gasteiger charge is -2.29. The van der Waals surface area contributed by atoms with Crippen molar-refractivity contribution in [3.8, 4) is 5.75 Å². The Bertz CT molecular complexity index is 1260. The quantitative estimate of drug-likeness (QED) is 0.534. The molecule has 10 heteroatoms. The van der Waals surface area contributed by atoms with E-state index in [9.17, 15) is 18.0 Å². The lowest BCUT2D eigenvalue weighted by atomic mass is 10.0. The van der Waals surface area contributed by atoms with Gasteiger partial charge in [-0.25, -0.2) is 23.1 Å². The molecule has 4 rings (SSSR count). The molecular weight excluding hydrogens is 449 g/mol. The van der Waals surface area contributed by atoms with Crippen LogP contribution in [0.2, 0.25) is 0 Å². The van der Waals surface area contributed by atoms with Crippen LogP contribution in [0, 0.1) is 12.7 Å². The van der Waals surface area contributed by atoms with Crippen LogP contribution in [0.4, 0.5) is 19.0 Å². The number of aromatic nitrogens is 3. The lowest BCUT2D eigenvalue weighted by Crippen LogP contribution is -2.32. The van der Waals surface area contributed by atoms with Crippen molar-refractivity contribution in [2.24, 2.45) is 0 Å². The third kappa shape index (κ3) is 4.46. The minimum Gasteiger partial charge on any atom is -0.490 e. The summed E-state index contributed by atoms with van der Waals surface area (Å²) in [6.07, 6.45) is 0.0883. The van der Waals surface area contributed by atoms with Gasteiger partial charge in [0, 0.05) is 24.4 Å². The molecule has 0 radical (unpaired) electrons. The van der Waals surface area contributed by atoms with Crippen molar-refractivity contribution in [3.05, 3.63) is 57.5 Å². The molecule has 1 aliphatic heterocycles. The van der Waals surface area contributed by atoms with E-state index >= 15 is 0 Å². The first kappa shape index (κ1) is 24.0. The number of benzene rings is 1. The van der Waals surface area contributed by atoms with Gasteiger partial charge in [0.1, 0.15) is 23.0 Å². The maximum absolute atomic E-state index is 14.8. The second-order valence-corrected chi connectivity index (χ2v) is 8.53. The summed E-state index contributed by atoms with van der Waals surface area (Å²) in [5, 5.41) is 3.64. The molecule has 7 nitrogen and oxygen atoms in total. The molecule has 3 atom stereocenters. The molecule has 1 fully saturated rings. The molecule has 2 aromatic heterocycles. The average molecular weight is 476 g/mol. The zero-order valence-electron chi connectivity index (χ0n) is 19.4. The number of hydrogen-bond donors (Lipinski definition) is 1. The fourth-order valence-electron chi connectivity index (χ4n) is 4.44. The van der Waals surface area contributed by atoms with Gasteiger partial charge in [0.05, 0.1) is 30.2 Å². The maximum Gasteiger partial charge on any atom is 0.295 e. The van der Waals surface area contributed by atoms with E-state index in [1.165, 1.54) is 19.2 Å². The number of rotatable bonds is 6. The highest BCUT2D eigenvalue weighted by Gasteiger charge is 2.26. The first-order valence-corrected chi connectivity index (χ1v) is 11.1. The highest BCUT2D eigenvalue weighted by Crippen LogP contribution is 2.33. The summed E-state index contributed by atoms with van der Waals surface area (Å²) in [6, 6.07) is 3.13. The lowest BCUT2D eigenvalue weighted by molar-refractivity contribution is 0.00523. The van der Waals surface area contributed by atoms with Gasteiger partial charge in [0.2, 0.25) is 5.75 Å². The van der Waals surface area contributed by atoms with Crippen molar-refractivity contribution >= 4 is 16.7 Å². The van der Waals surface area contributed by atoms with Crippen LogP contribution in [-0.4, -0.2) is 34.4 Å². The Morgan fingerprint density at radius 3 is 2.68 bits per heavy atom. The zero-order valence-corrected chi connectivity index (χ0v) is 19.4. The zero-order chi connectivity index (χ0) is 24.6. The van der Waals surface area contributed by atoms with Crippen molar-refractivity contribution < 1.29 is 22.6 Å². The molecule has 0 bridgehead atoms. The molecule has 1 N–H and O–H groups in total. The largest absolute Gasteiger partial charge is 0.490 e. The third-order valence-corrected chi connectivity index (χ3v) is 6.14. The number of aryl methyl sites for hydroxylation is 1. The Hall–Kier alpha value is -3.14. The van der Waals surface area contributed by atoms with Crippen molar-refractivity contribution in [3.63, 3.8) is 0 Å². The van der Waals surface area contributed by atoms with Crippen molar-refractivity contribution in [2.45, 2.75) is 58.2 Å². The van der Waals surface area contributed by atoms with Crippen molar-refractivity contribution in [1.82, 2.24) is 14.5 Å². The fourth-order valence-corrected chi connectivity index (χ4v) is 4.44.